The van der Waals surface area contributed by atoms with Gasteiger partial charge >= 0.3 is 5.97 Å². The Morgan fingerprint density at radius 2 is 0.861 bits per heavy atom. The Balaban J connectivity index is 1.65. The summed E-state index contributed by atoms with van der Waals surface area (Å²) in [6, 6.07) is 0. The van der Waals surface area contributed by atoms with Gasteiger partial charge in [-0.15, -0.1) is 0 Å². The van der Waals surface area contributed by atoms with Crippen molar-refractivity contribution in [2.45, 2.75) is 306 Å². The van der Waals surface area contributed by atoms with E-state index in [0.717, 1.165) is 44.9 Å². The molecule has 0 aliphatic carbocycles. The van der Waals surface area contributed by atoms with E-state index in [0.29, 0.717) is 13.0 Å². The third-order valence-electron chi connectivity index (χ3n) is 14.2. The first-order valence-corrected chi connectivity index (χ1v) is 29.4. The van der Waals surface area contributed by atoms with Gasteiger partial charge in [0.1, 0.15) is 54.9 Å². The van der Waals surface area contributed by atoms with Crippen molar-refractivity contribution < 1.29 is 69.0 Å². The molecular weight excluding hydrogens is 921 g/mol. The smallest absolute Gasteiger partial charge is 0.306 e. The highest BCUT2D eigenvalue weighted by atomic mass is 16.7. The Kier molecular flexibility index (Phi) is 42.2. The summed E-state index contributed by atoms with van der Waals surface area (Å²) in [4.78, 5) is 13.0. The van der Waals surface area contributed by atoms with Gasteiger partial charge < -0.3 is 64.2 Å². The minimum Gasteiger partial charge on any atom is -0.457 e. The van der Waals surface area contributed by atoms with E-state index in [1.54, 1.807) is 0 Å². The Bertz CT molecular complexity index is 1290. The molecule has 2 fully saturated rings. The van der Waals surface area contributed by atoms with Gasteiger partial charge in [0.2, 0.25) is 0 Å². The minimum absolute atomic E-state index is 0.0661. The van der Waals surface area contributed by atoms with Crippen LogP contribution < -0.4 is 0 Å². The summed E-state index contributed by atoms with van der Waals surface area (Å²) in [5.41, 5.74) is 0. The van der Waals surface area contributed by atoms with Crippen molar-refractivity contribution in [3.05, 3.63) is 24.3 Å². The number of hydrogen-bond acceptors (Lipinski definition) is 14. The number of esters is 1. The molecule has 0 aromatic carbocycles. The average molecular weight is 1030 g/mol. The number of carbonyl (C=O) groups is 1. The lowest BCUT2D eigenvalue weighted by Crippen LogP contribution is -2.61. The summed E-state index contributed by atoms with van der Waals surface area (Å²) >= 11 is 0. The molecule has 0 saturated carbocycles. The van der Waals surface area contributed by atoms with Crippen LogP contribution in [0.15, 0.2) is 24.3 Å². The van der Waals surface area contributed by atoms with Crippen LogP contribution in [0.3, 0.4) is 0 Å². The molecule has 0 radical (unpaired) electrons. The zero-order valence-electron chi connectivity index (χ0n) is 45.4. The Labute approximate surface area is 437 Å². The zero-order valence-corrected chi connectivity index (χ0v) is 45.4. The monoisotopic (exact) mass is 1030 g/mol. The van der Waals surface area contributed by atoms with Crippen LogP contribution in [0.4, 0.5) is 0 Å². The molecule has 424 valence electrons. The molecule has 11 unspecified atom stereocenters. The van der Waals surface area contributed by atoms with E-state index in [1.807, 2.05) is 0 Å². The molecular formula is C58H108O14. The number of rotatable bonds is 48. The van der Waals surface area contributed by atoms with Gasteiger partial charge in [0.15, 0.2) is 12.6 Å². The molecule has 2 aliphatic rings. The molecule has 2 heterocycles. The molecule has 14 heteroatoms. The molecule has 2 saturated heterocycles. The molecule has 72 heavy (non-hydrogen) atoms. The maximum atomic E-state index is 13.0. The molecule has 0 aromatic heterocycles. The van der Waals surface area contributed by atoms with Crippen LogP contribution in [-0.4, -0.2) is 142 Å². The molecule has 2 rings (SSSR count). The van der Waals surface area contributed by atoms with Crippen LogP contribution in [0.2, 0.25) is 0 Å². The summed E-state index contributed by atoms with van der Waals surface area (Å²) in [5, 5.41) is 72.3. The molecule has 0 bridgehead atoms. The standard InChI is InChI=1S/C58H108O14/c1-3-5-7-9-11-13-15-17-18-19-20-21-22-23-24-25-26-27-28-29-30-32-34-36-38-40-42-67-44-47(70-50(60)41-39-37-35-33-31-16-14-12-10-8-6-4-2)45-68-57-56(66)54(64)52(62)49(72-57)46-69-58-55(65)53(63)51(61)48(43-59)71-58/h15,17,19-20,47-49,51-59,61-66H,3-14,16,18,21-46H2,1-2H3/b17-15-,20-19-. The van der Waals surface area contributed by atoms with Crippen LogP contribution in [-0.2, 0) is 33.2 Å². The van der Waals surface area contributed by atoms with Gasteiger partial charge in [0.05, 0.1) is 26.4 Å². The summed E-state index contributed by atoms with van der Waals surface area (Å²) in [6.45, 7) is 3.71. The van der Waals surface area contributed by atoms with E-state index < -0.39 is 80.7 Å². The zero-order chi connectivity index (χ0) is 52.3. The second-order valence-electron chi connectivity index (χ2n) is 20.8. The van der Waals surface area contributed by atoms with Crippen molar-refractivity contribution in [2.24, 2.45) is 0 Å². The third-order valence-corrected chi connectivity index (χ3v) is 14.2. The number of unbranched alkanes of at least 4 members (excludes halogenated alkanes) is 30. The summed E-state index contributed by atoms with van der Waals surface area (Å²) in [6.07, 6.45) is 35.4. The maximum absolute atomic E-state index is 13.0. The fraction of sp³-hybridized carbons (Fsp3) is 0.914. The third kappa shape index (κ3) is 32.1. The Morgan fingerprint density at radius 3 is 1.33 bits per heavy atom. The number of aliphatic hydroxyl groups is 7. The molecule has 11 atom stereocenters. The largest absolute Gasteiger partial charge is 0.457 e. The lowest BCUT2D eigenvalue weighted by molar-refractivity contribution is -0.332. The average Bonchev–Trinajstić information content (AvgIpc) is 3.38. The second-order valence-corrected chi connectivity index (χ2v) is 20.8. The molecule has 0 amide bonds. The van der Waals surface area contributed by atoms with Crippen molar-refractivity contribution in [2.75, 3.05) is 33.0 Å². The maximum Gasteiger partial charge on any atom is 0.306 e. The van der Waals surface area contributed by atoms with E-state index >= 15 is 0 Å². The minimum atomic E-state index is -1.70. The van der Waals surface area contributed by atoms with Crippen LogP contribution in [0.25, 0.3) is 0 Å². The second kappa shape index (κ2) is 45.6. The SMILES string of the molecule is CCCCCCC/C=C\C/C=C\CCCCCCCCCCCCCCCCOCC(COC1OC(COC2OC(CO)C(O)C(O)C2O)C(O)C(O)C1O)OC(=O)CCCCCCCCCCCCCC. The van der Waals surface area contributed by atoms with Gasteiger partial charge in [0, 0.05) is 13.0 Å². The molecule has 2 aliphatic heterocycles. The molecule has 0 aromatic rings. The first kappa shape index (κ1) is 66.6. The molecule has 0 spiro atoms. The highest BCUT2D eigenvalue weighted by Gasteiger charge is 2.47. The number of carbonyl (C=O) groups excluding carboxylic acids is 1. The van der Waals surface area contributed by atoms with Crippen LogP contribution in [0, 0.1) is 0 Å². The van der Waals surface area contributed by atoms with Crippen molar-refractivity contribution in [3.63, 3.8) is 0 Å². The fourth-order valence-electron chi connectivity index (χ4n) is 9.44. The van der Waals surface area contributed by atoms with Crippen LogP contribution >= 0.6 is 0 Å². The van der Waals surface area contributed by atoms with E-state index in [4.69, 9.17) is 28.4 Å². The van der Waals surface area contributed by atoms with E-state index in [1.165, 1.54) is 167 Å². The van der Waals surface area contributed by atoms with Crippen molar-refractivity contribution in [3.8, 4) is 0 Å². The lowest BCUT2D eigenvalue weighted by atomic mass is 9.98. The van der Waals surface area contributed by atoms with Gasteiger partial charge in [-0.25, -0.2) is 0 Å². The highest BCUT2D eigenvalue weighted by molar-refractivity contribution is 5.69. The van der Waals surface area contributed by atoms with Crippen molar-refractivity contribution in [1.82, 2.24) is 0 Å². The Hall–Kier alpha value is -1.53. The van der Waals surface area contributed by atoms with Gasteiger partial charge in [-0.1, -0.05) is 212 Å². The van der Waals surface area contributed by atoms with E-state index in [2.05, 4.69) is 38.2 Å². The summed E-state index contributed by atoms with van der Waals surface area (Å²) < 4.78 is 34.4. The number of aliphatic hydroxyl groups excluding tert-OH is 7. The predicted molar refractivity (Wildman–Crippen MR) is 284 cm³/mol. The highest BCUT2D eigenvalue weighted by Crippen LogP contribution is 2.27. The van der Waals surface area contributed by atoms with Crippen LogP contribution in [0.1, 0.15) is 239 Å². The normalized spacial score (nSPS) is 25.2. The van der Waals surface area contributed by atoms with Gasteiger partial charge in [-0.2, -0.15) is 0 Å². The molecule has 7 N–H and O–H groups in total. The van der Waals surface area contributed by atoms with Gasteiger partial charge in [0.25, 0.3) is 0 Å². The molecule has 14 nitrogen and oxygen atoms in total. The summed E-state index contributed by atoms with van der Waals surface area (Å²) in [5.74, 6) is -0.373. The first-order valence-electron chi connectivity index (χ1n) is 29.4. The van der Waals surface area contributed by atoms with Crippen molar-refractivity contribution in [1.29, 1.82) is 0 Å². The topological polar surface area (TPSA) is 214 Å². The number of ether oxygens (including phenoxy) is 6. The van der Waals surface area contributed by atoms with E-state index in [9.17, 15) is 40.5 Å². The quantitative estimate of drug-likeness (QED) is 0.0172. The van der Waals surface area contributed by atoms with E-state index in [-0.39, 0.29) is 25.6 Å². The number of allylic oxidation sites excluding steroid dienone is 4. The fourth-order valence-corrected chi connectivity index (χ4v) is 9.44. The van der Waals surface area contributed by atoms with Crippen molar-refractivity contribution >= 4 is 5.97 Å². The van der Waals surface area contributed by atoms with Gasteiger partial charge in [-0.05, 0) is 44.9 Å². The summed E-state index contributed by atoms with van der Waals surface area (Å²) in [7, 11) is 0. The predicted octanol–water partition coefficient (Wildman–Crippen LogP) is 10.4. The van der Waals surface area contributed by atoms with Gasteiger partial charge in [-0.3, -0.25) is 4.79 Å². The number of hydrogen-bond donors (Lipinski definition) is 7. The first-order chi connectivity index (χ1) is 35.1. The lowest BCUT2D eigenvalue weighted by Gasteiger charge is -2.42. The Morgan fingerprint density at radius 1 is 0.458 bits per heavy atom. The van der Waals surface area contributed by atoms with Crippen LogP contribution in [0.5, 0.6) is 0 Å².